The van der Waals surface area contributed by atoms with E-state index in [1.807, 2.05) is 18.2 Å². The largest absolute Gasteiger partial charge is 0.281 e. The van der Waals surface area contributed by atoms with Crippen LogP contribution in [0.3, 0.4) is 0 Å². The van der Waals surface area contributed by atoms with Crippen molar-refractivity contribution in [1.82, 2.24) is 10.2 Å². The minimum atomic E-state index is 0.0414. The molecule has 1 aromatic heterocycles. The van der Waals surface area contributed by atoms with Crippen molar-refractivity contribution in [3.63, 3.8) is 0 Å². The van der Waals surface area contributed by atoms with Crippen molar-refractivity contribution >= 4 is 22.5 Å². The molecule has 3 heteroatoms. The summed E-state index contributed by atoms with van der Waals surface area (Å²) in [4.78, 5) is 0. The molecule has 0 spiro atoms. The van der Waals surface area contributed by atoms with Crippen LogP contribution in [0.25, 0.3) is 10.9 Å². The van der Waals surface area contributed by atoms with Crippen molar-refractivity contribution in [2.24, 2.45) is 0 Å². The minimum Gasteiger partial charge on any atom is -0.281 e. The van der Waals surface area contributed by atoms with Crippen molar-refractivity contribution in [2.45, 2.75) is 26.2 Å². The monoisotopic (exact) mass is 208 g/mol. The van der Waals surface area contributed by atoms with E-state index in [1.165, 1.54) is 0 Å². The van der Waals surface area contributed by atoms with E-state index in [2.05, 4.69) is 31.0 Å². The summed E-state index contributed by atoms with van der Waals surface area (Å²) in [6, 6.07) is 5.78. The summed E-state index contributed by atoms with van der Waals surface area (Å²) >= 11 is 6.15. The number of hydrogen-bond acceptors (Lipinski definition) is 1. The van der Waals surface area contributed by atoms with E-state index < -0.39 is 0 Å². The first-order chi connectivity index (χ1) is 6.50. The molecule has 1 heterocycles. The van der Waals surface area contributed by atoms with Gasteiger partial charge in [-0.25, -0.2) is 0 Å². The Morgan fingerprint density at radius 2 is 2.00 bits per heavy atom. The van der Waals surface area contributed by atoms with Crippen LogP contribution in [0.4, 0.5) is 0 Å². The molecule has 0 atom stereocenters. The fraction of sp³-hybridized carbons (Fsp3) is 0.364. The van der Waals surface area contributed by atoms with Crippen LogP contribution in [-0.4, -0.2) is 10.2 Å². The fourth-order valence-corrected chi connectivity index (χ4v) is 1.83. The molecule has 0 aliphatic carbocycles. The summed E-state index contributed by atoms with van der Waals surface area (Å²) in [6.07, 6.45) is 0. The highest BCUT2D eigenvalue weighted by atomic mass is 35.5. The molecular formula is C11H13ClN2. The Morgan fingerprint density at radius 1 is 1.29 bits per heavy atom. The lowest BCUT2D eigenvalue weighted by atomic mass is 9.90. The maximum absolute atomic E-state index is 6.15. The number of hydrogen-bond donors (Lipinski definition) is 1. The van der Waals surface area contributed by atoms with E-state index in [1.54, 1.807) is 0 Å². The van der Waals surface area contributed by atoms with Gasteiger partial charge in [-0.1, -0.05) is 38.4 Å². The third-order valence-corrected chi connectivity index (χ3v) is 2.59. The van der Waals surface area contributed by atoms with Gasteiger partial charge in [-0.05, 0) is 12.1 Å². The van der Waals surface area contributed by atoms with Crippen LogP contribution in [0.2, 0.25) is 5.02 Å². The lowest BCUT2D eigenvalue weighted by Crippen LogP contribution is -2.12. The molecule has 0 saturated heterocycles. The molecule has 2 rings (SSSR count). The number of halogens is 1. The number of nitrogens with zero attached hydrogens (tertiary/aromatic N) is 1. The van der Waals surface area contributed by atoms with E-state index in [0.717, 1.165) is 21.6 Å². The second-order valence-electron chi connectivity index (χ2n) is 4.48. The summed E-state index contributed by atoms with van der Waals surface area (Å²) < 4.78 is 0. The lowest BCUT2D eigenvalue weighted by molar-refractivity contribution is 0.571. The van der Waals surface area contributed by atoms with E-state index in [0.29, 0.717) is 0 Å². The number of aromatic amines is 1. The zero-order valence-corrected chi connectivity index (χ0v) is 9.31. The van der Waals surface area contributed by atoms with Gasteiger partial charge in [0.1, 0.15) is 0 Å². The van der Waals surface area contributed by atoms with Gasteiger partial charge >= 0.3 is 0 Å². The third-order valence-electron chi connectivity index (χ3n) is 2.28. The maximum atomic E-state index is 6.15. The first kappa shape index (κ1) is 9.53. The minimum absolute atomic E-state index is 0.0414. The molecule has 0 bridgehead atoms. The normalized spacial score (nSPS) is 12.3. The Balaban J connectivity index is 2.80. The van der Waals surface area contributed by atoms with E-state index in [4.69, 9.17) is 11.6 Å². The number of fused-ring (bicyclic) bond motifs is 1. The van der Waals surface area contributed by atoms with Crippen LogP contribution in [-0.2, 0) is 5.41 Å². The van der Waals surface area contributed by atoms with Crippen molar-refractivity contribution in [1.29, 1.82) is 0 Å². The zero-order valence-electron chi connectivity index (χ0n) is 8.56. The second kappa shape index (κ2) is 2.99. The van der Waals surface area contributed by atoms with Crippen LogP contribution < -0.4 is 0 Å². The summed E-state index contributed by atoms with van der Waals surface area (Å²) in [7, 11) is 0. The highest BCUT2D eigenvalue weighted by Crippen LogP contribution is 2.32. The number of H-pyrrole nitrogens is 1. The summed E-state index contributed by atoms with van der Waals surface area (Å²) in [5, 5.41) is 9.10. The Hall–Kier alpha value is -1.02. The van der Waals surface area contributed by atoms with Crippen LogP contribution >= 0.6 is 11.6 Å². The Labute approximate surface area is 88.3 Å². The first-order valence-corrected chi connectivity index (χ1v) is 5.01. The third kappa shape index (κ3) is 1.40. The van der Waals surface area contributed by atoms with Gasteiger partial charge in [0.2, 0.25) is 0 Å². The number of nitrogens with one attached hydrogen (secondary N) is 1. The number of aromatic nitrogens is 2. The lowest BCUT2D eigenvalue weighted by Gasteiger charge is -2.16. The van der Waals surface area contributed by atoms with Gasteiger partial charge in [0.05, 0.1) is 10.5 Å². The Kier molecular flexibility index (Phi) is 2.04. The molecule has 14 heavy (non-hydrogen) atoms. The molecule has 2 aromatic rings. The van der Waals surface area contributed by atoms with E-state index in [-0.39, 0.29) is 5.41 Å². The van der Waals surface area contributed by atoms with Crippen LogP contribution in [0, 0.1) is 0 Å². The highest BCUT2D eigenvalue weighted by molar-refractivity contribution is 6.35. The van der Waals surface area contributed by atoms with Gasteiger partial charge in [-0.3, -0.25) is 5.10 Å². The van der Waals surface area contributed by atoms with Crippen molar-refractivity contribution < 1.29 is 0 Å². The average Bonchev–Trinajstić information content (AvgIpc) is 2.47. The molecule has 0 amide bonds. The molecule has 2 nitrogen and oxygen atoms in total. The second-order valence-corrected chi connectivity index (χ2v) is 4.89. The zero-order chi connectivity index (χ0) is 10.3. The molecule has 0 fully saturated rings. The molecule has 0 saturated carbocycles. The van der Waals surface area contributed by atoms with Gasteiger partial charge in [-0.2, -0.15) is 5.10 Å². The highest BCUT2D eigenvalue weighted by Gasteiger charge is 2.20. The smallest absolute Gasteiger partial charge is 0.0938 e. The molecule has 1 N–H and O–H groups in total. The van der Waals surface area contributed by atoms with Crippen LogP contribution in [0.5, 0.6) is 0 Å². The average molecular weight is 209 g/mol. The molecule has 0 unspecified atom stereocenters. The van der Waals surface area contributed by atoms with Gasteiger partial charge in [0.15, 0.2) is 0 Å². The van der Waals surface area contributed by atoms with Gasteiger partial charge < -0.3 is 0 Å². The predicted molar refractivity (Wildman–Crippen MR) is 59.8 cm³/mol. The quantitative estimate of drug-likeness (QED) is 0.705. The SMILES string of the molecule is CC(C)(C)c1[nH]nc2cccc(Cl)c12. The van der Waals surface area contributed by atoms with Crippen LogP contribution in [0.15, 0.2) is 18.2 Å². The van der Waals surface area contributed by atoms with Gasteiger partial charge in [-0.15, -0.1) is 0 Å². The Bertz CT molecular complexity index is 466. The molecule has 0 radical (unpaired) electrons. The molecular weight excluding hydrogens is 196 g/mol. The van der Waals surface area contributed by atoms with E-state index in [9.17, 15) is 0 Å². The van der Waals surface area contributed by atoms with Crippen LogP contribution in [0.1, 0.15) is 26.5 Å². The fourth-order valence-electron chi connectivity index (χ4n) is 1.57. The summed E-state index contributed by atoms with van der Waals surface area (Å²) in [5.74, 6) is 0. The molecule has 74 valence electrons. The van der Waals surface area contributed by atoms with Gasteiger partial charge in [0.25, 0.3) is 0 Å². The standard InChI is InChI=1S/C11H13ClN2/c1-11(2,3)10-9-7(12)5-4-6-8(9)13-14-10/h4-6H,1-3H3,(H,13,14). The summed E-state index contributed by atoms with van der Waals surface area (Å²) in [5.41, 5.74) is 2.07. The first-order valence-electron chi connectivity index (χ1n) is 4.63. The maximum Gasteiger partial charge on any atom is 0.0938 e. The number of benzene rings is 1. The topological polar surface area (TPSA) is 28.7 Å². The Morgan fingerprint density at radius 3 is 2.64 bits per heavy atom. The molecule has 0 aliphatic heterocycles. The van der Waals surface area contributed by atoms with Crippen molar-refractivity contribution in [3.05, 3.63) is 28.9 Å². The van der Waals surface area contributed by atoms with Crippen molar-refractivity contribution in [3.8, 4) is 0 Å². The predicted octanol–water partition coefficient (Wildman–Crippen LogP) is 3.51. The van der Waals surface area contributed by atoms with E-state index >= 15 is 0 Å². The van der Waals surface area contributed by atoms with Gasteiger partial charge in [0, 0.05) is 16.5 Å². The molecule has 1 aromatic carbocycles. The summed E-state index contributed by atoms with van der Waals surface area (Å²) in [6.45, 7) is 6.43. The van der Waals surface area contributed by atoms with Crippen molar-refractivity contribution in [2.75, 3.05) is 0 Å². The molecule has 0 aliphatic rings. The number of rotatable bonds is 0.